The minimum Gasteiger partial charge on any atom is -0.324 e. The zero-order valence-electron chi connectivity index (χ0n) is 10.8. The second-order valence-corrected chi connectivity index (χ2v) is 7.25. The summed E-state index contributed by atoms with van der Waals surface area (Å²) in [6.07, 6.45) is 2.38. The molecule has 0 saturated carbocycles. The molecule has 0 amide bonds. The van der Waals surface area contributed by atoms with Crippen molar-refractivity contribution in [1.29, 1.82) is 0 Å². The molecule has 5 heteroatoms. The van der Waals surface area contributed by atoms with Gasteiger partial charge in [-0.2, -0.15) is 11.8 Å². The number of aromatic nitrogens is 2. The maximum Gasteiger partial charge on any atom is 0.127 e. The van der Waals surface area contributed by atoms with Crippen LogP contribution in [0.15, 0.2) is 18.2 Å². The van der Waals surface area contributed by atoms with Crippen LogP contribution in [0.2, 0.25) is 5.02 Å². The molecule has 0 aliphatic carbocycles. The smallest absolute Gasteiger partial charge is 0.127 e. The van der Waals surface area contributed by atoms with E-state index in [0.29, 0.717) is 6.04 Å². The van der Waals surface area contributed by atoms with E-state index < -0.39 is 0 Å². The summed E-state index contributed by atoms with van der Waals surface area (Å²) in [6.45, 7) is 1.98. The molecule has 0 radical (unpaired) electrons. The van der Waals surface area contributed by atoms with Crippen molar-refractivity contribution in [2.75, 3.05) is 11.5 Å². The molecule has 1 aromatic carbocycles. The lowest BCUT2D eigenvalue weighted by atomic mass is 10.1. The molecule has 1 aliphatic rings. The number of rotatable bonds is 2. The number of nitrogens with zero attached hydrogens (tertiary/aromatic N) is 2. The van der Waals surface area contributed by atoms with E-state index in [0.717, 1.165) is 21.9 Å². The van der Waals surface area contributed by atoms with Crippen molar-refractivity contribution in [1.82, 2.24) is 9.55 Å². The molecule has 0 spiro atoms. The number of hydrogen-bond donors (Lipinski definition) is 0. The number of benzene rings is 1. The monoisotopic (exact) mass is 314 g/mol. The number of halogens is 2. The Bertz CT molecular complexity index is 588. The van der Waals surface area contributed by atoms with Gasteiger partial charge in [0, 0.05) is 11.1 Å². The highest BCUT2D eigenvalue weighted by Gasteiger charge is 2.23. The van der Waals surface area contributed by atoms with Gasteiger partial charge in [0.2, 0.25) is 0 Å². The fourth-order valence-corrected chi connectivity index (χ4v) is 4.10. The maximum absolute atomic E-state index is 6.32. The van der Waals surface area contributed by atoms with E-state index in [9.17, 15) is 0 Å². The van der Waals surface area contributed by atoms with E-state index in [2.05, 4.69) is 15.6 Å². The molecule has 1 aliphatic heterocycles. The Labute approximate surface area is 127 Å². The van der Waals surface area contributed by atoms with Crippen LogP contribution in [0.1, 0.15) is 37.0 Å². The zero-order valence-corrected chi connectivity index (χ0v) is 13.1. The van der Waals surface area contributed by atoms with Crippen molar-refractivity contribution in [3.05, 3.63) is 29.0 Å². The average molecular weight is 315 g/mol. The molecule has 3 rings (SSSR count). The van der Waals surface area contributed by atoms with Gasteiger partial charge in [-0.3, -0.25) is 0 Å². The Morgan fingerprint density at radius 3 is 2.79 bits per heavy atom. The first-order chi connectivity index (χ1) is 9.16. The third-order valence-corrected chi connectivity index (χ3v) is 5.07. The van der Waals surface area contributed by atoms with E-state index in [1.807, 2.05) is 30.8 Å². The lowest BCUT2D eigenvalue weighted by Gasteiger charge is -2.25. The highest BCUT2D eigenvalue weighted by molar-refractivity contribution is 7.99. The Morgan fingerprint density at radius 2 is 2.11 bits per heavy atom. The fraction of sp³-hybridized carbons (Fsp3) is 0.500. The summed E-state index contributed by atoms with van der Waals surface area (Å²) in [5, 5.41) is 0.644. The Balaban J connectivity index is 2.15. The van der Waals surface area contributed by atoms with E-state index in [1.165, 1.54) is 24.3 Å². The SMILES string of the molecule is CC(Cl)c1nc2cc(Cl)ccc2n1C1CCSCC1. The summed E-state index contributed by atoms with van der Waals surface area (Å²) in [6, 6.07) is 6.44. The molecular formula is C14H16Cl2N2S. The Kier molecular flexibility index (Phi) is 3.97. The summed E-state index contributed by atoms with van der Waals surface area (Å²) >= 11 is 14.4. The third kappa shape index (κ3) is 2.61. The van der Waals surface area contributed by atoms with Gasteiger partial charge in [0.25, 0.3) is 0 Å². The normalized spacial score (nSPS) is 18.9. The molecule has 1 atom stereocenters. The van der Waals surface area contributed by atoms with E-state index >= 15 is 0 Å². The molecule has 1 unspecified atom stereocenters. The quantitative estimate of drug-likeness (QED) is 0.721. The minimum atomic E-state index is -0.0826. The molecule has 2 aromatic rings. The van der Waals surface area contributed by atoms with Gasteiger partial charge in [-0.25, -0.2) is 4.98 Å². The van der Waals surface area contributed by atoms with E-state index in [4.69, 9.17) is 23.2 Å². The second-order valence-electron chi connectivity index (χ2n) is 4.93. The fourth-order valence-electron chi connectivity index (χ4n) is 2.70. The predicted octanol–water partition coefficient (Wildman–Crippen LogP) is 5.06. The van der Waals surface area contributed by atoms with Gasteiger partial charge in [-0.15, -0.1) is 11.6 Å². The minimum absolute atomic E-state index is 0.0826. The molecule has 102 valence electrons. The predicted molar refractivity (Wildman–Crippen MR) is 84.6 cm³/mol. The first-order valence-electron chi connectivity index (χ1n) is 6.56. The van der Waals surface area contributed by atoms with Gasteiger partial charge in [-0.1, -0.05) is 11.6 Å². The Morgan fingerprint density at radius 1 is 1.37 bits per heavy atom. The zero-order chi connectivity index (χ0) is 13.4. The summed E-state index contributed by atoms with van der Waals surface area (Å²) in [4.78, 5) is 4.69. The van der Waals surface area contributed by atoms with Crippen molar-refractivity contribution in [2.45, 2.75) is 31.2 Å². The first-order valence-corrected chi connectivity index (χ1v) is 8.53. The van der Waals surface area contributed by atoms with Gasteiger partial charge in [-0.05, 0) is 49.5 Å². The molecule has 2 nitrogen and oxygen atoms in total. The van der Waals surface area contributed by atoms with Crippen LogP contribution in [-0.4, -0.2) is 21.1 Å². The number of thioether (sulfide) groups is 1. The third-order valence-electron chi connectivity index (χ3n) is 3.59. The topological polar surface area (TPSA) is 17.8 Å². The second kappa shape index (κ2) is 5.55. The van der Waals surface area contributed by atoms with Crippen molar-refractivity contribution in [2.24, 2.45) is 0 Å². The van der Waals surface area contributed by atoms with Crippen LogP contribution >= 0.6 is 35.0 Å². The maximum atomic E-state index is 6.32. The average Bonchev–Trinajstić information content (AvgIpc) is 2.78. The summed E-state index contributed by atoms with van der Waals surface area (Å²) in [5.74, 6) is 3.40. The number of imidazole rings is 1. The largest absolute Gasteiger partial charge is 0.324 e. The number of fused-ring (bicyclic) bond motifs is 1. The molecular weight excluding hydrogens is 299 g/mol. The van der Waals surface area contributed by atoms with Gasteiger partial charge in [0.15, 0.2) is 0 Å². The van der Waals surface area contributed by atoms with Crippen LogP contribution < -0.4 is 0 Å². The molecule has 0 bridgehead atoms. The lowest BCUT2D eigenvalue weighted by molar-refractivity contribution is 0.464. The lowest BCUT2D eigenvalue weighted by Crippen LogP contribution is -2.17. The van der Waals surface area contributed by atoms with Crippen molar-refractivity contribution in [3.63, 3.8) is 0 Å². The van der Waals surface area contributed by atoms with Gasteiger partial charge in [0.1, 0.15) is 5.82 Å². The summed E-state index contributed by atoms with van der Waals surface area (Å²) < 4.78 is 2.34. The number of hydrogen-bond acceptors (Lipinski definition) is 2. The van der Waals surface area contributed by atoms with Crippen molar-refractivity contribution < 1.29 is 0 Å². The Hall–Kier alpha value is -0.380. The molecule has 2 heterocycles. The van der Waals surface area contributed by atoms with Crippen LogP contribution in [0.5, 0.6) is 0 Å². The number of alkyl halides is 1. The van der Waals surface area contributed by atoms with Crippen molar-refractivity contribution in [3.8, 4) is 0 Å². The van der Waals surface area contributed by atoms with Crippen LogP contribution in [-0.2, 0) is 0 Å². The van der Waals surface area contributed by atoms with Crippen LogP contribution in [0, 0.1) is 0 Å². The van der Waals surface area contributed by atoms with Gasteiger partial charge >= 0.3 is 0 Å². The summed E-state index contributed by atoms with van der Waals surface area (Å²) in [7, 11) is 0. The van der Waals surface area contributed by atoms with Gasteiger partial charge in [0.05, 0.1) is 16.4 Å². The van der Waals surface area contributed by atoms with Crippen molar-refractivity contribution >= 4 is 46.0 Å². The molecule has 19 heavy (non-hydrogen) atoms. The van der Waals surface area contributed by atoms with Gasteiger partial charge < -0.3 is 4.57 Å². The van der Waals surface area contributed by atoms with Crippen LogP contribution in [0.25, 0.3) is 11.0 Å². The molecule has 1 saturated heterocycles. The van der Waals surface area contributed by atoms with Crippen LogP contribution in [0.4, 0.5) is 0 Å². The standard InChI is InChI=1S/C14H16Cl2N2S/c1-9(15)14-17-12-8-10(16)2-3-13(12)18(14)11-4-6-19-7-5-11/h2-3,8-9,11H,4-7H2,1H3. The van der Waals surface area contributed by atoms with E-state index in [1.54, 1.807) is 0 Å². The summed E-state index contributed by atoms with van der Waals surface area (Å²) in [5.41, 5.74) is 2.11. The van der Waals surface area contributed by atoms with E-state index in [-0.39, 0.29) is 5.38 Å². The van der Waals surface area contributed by atoms with Crippen LogP contribution in [0.3, 0.4) is 0 Å². The molecule has 0 N–H and O–H groups in total. The highest BCUT2D eigenvalue weighted by atomic mass is 35.5. The molecule has 1 aromatic heterocycles. The highest BCUT2D eigenvalue weighted by Crippen LogP contribution is 2.35. The first kappa shape index (κ1) is 13.6. The molecule has 1 fully saturated rings.